The molecule has 0 atom stereocenters. The number of aryl methyl sites for hydroxylation is 1. The smallest absolute Gasteiger partial charge is 0.0512 e. The molecule has 3 nitrogen and oxygen atoms in total. The third-order valence-corrected chi connectivity index (χ3v) is 4.42. The minimum atomic E-state index is 0.306. The molecule has 1 aromatic heterocycles. The van der Waals surface area contributed by atoms with Crippen LogP contribution in [0.3, 0.4) is 0 Å². The molecule has 0 aliphatic heterocycles. The van der Waals surface area contributed by atoms with Crippen molar-refractivity contribution in [3.8, 4) is 0 Å². The van der Waals surface area contributed by atoms with Crippen molar-refractivity contribution in [1.82, 2.24) is 4.57 Å². The maximum atomic E-state index is 8.78. The van der Waals surface area contributed by atoms with E-state index in [4.69, 9.17) is 10.8 Å². The fourth-order valence-corrected chi connectivity index (χ4v) is 3.36. The fraction of sp³-hybridized carbons (Fsp3) is 0.500. The Hall–Kier alpha value is -1.13. The van der Waals surface area contributed by atoms with E-state index in [2.05, 4.69) is 35.9 Å². The van der Waals surface area contributed by atoms with E-state index in [0.717, 1.165) is 37.2 Å². The number of thioether (sulfide) groups is 1. The van der Waals surface area contributed by atoms with Crippen molar-refractivity contribution >= 4 is 28.4 Å². The summed E-state index contributed by atoms with van der Waals surface area (Å²) in [6.07, 6.45) is 6.50. The Morgan fingerprint density at radius 2 is 2.00 bits per heavy atom. The molecule has 0 aliphatic carbocycles. The number of unbranched alkanes of at least 4 members (excludes halogenated alkanes) is 3. The Kier molecular flexibility index (Phi) is 5.80. The Labute approximate surface area is 125 Å². The maximum absolute atomic E-state index is 8.78. The largest absolute Gasteiger partial charge is 0.399 e. The number of benzene rings is 1. The lowest BCUT2D eigenvalue weighted by molar-refractivity contribution is 0.282. The van der Waals surface area contributed by atoms with Gasteiger partial charge in [0, 0.05) is 35.3 Å². The minimum Gasteiger partial charge on any atom is -0.399 e. The normalized spacial score (nSPS) is 11.3. The second kappa shape index (κ2) is 7.60. The molecule has 0 fully saturated rings. The highest BCUT2D eigenvalue weighted by Crippen LogP contribution is 2.31. The summed E-state index contributed by atoms with van der Waals surface area (Å²) in [4.78, 5) is 1.28. The number of aromatic nitrogens is 1. The lowest BCUT2D eigenvalue weighted by Crippen LogP contribution is -1.97. The quantitative estimate of drug-likeness (QED) is 0.441. The lowest BCUT2D eigenvalue weighted by Gasteiger charge is -2.08. The molecule has 0 amide bonds. The molecule has 4 heteroatoms. The van der Waals surface area contributed by atoms with Crippen LogP contribution in [0.4, 0.5) is 5.69 Å². The van der Waals surface area contributed by atoms with Crippen LogP contribution in [0.2, 0.25) is 0 Å². The second-order valence-electron chi connectivity index (χ2n) is 5.03. The van der Waals surface area contributed by atoms with Gasteiger partial charge >= 0.3 is 0 Å². The van der Waals surface area contributed by atoms with Gasteiger partial charge in [0.25, 0.3) is 0 Å². The number of rotatable bonds is 8. The number of aliphatic hydroxyl groups is 1. The summed E-state index contributed by atoms with van der Waals surface area (Å²) in [7, 11) is 0. The fourth-order valence-electron chi connectivity index (χ4n) is 2.50. The van der Waals surface area contributed by atoms with E-state index in [-0.39, 0.29) is 0 Å². The van der Waals surface area contributed by atoms with E-state index in [1.807, 2.05) is 11.8 Å². The van der Waals surface area contributed by atoms with E-state index in [1.54, 1.807) is 0 Å². The molecule has 1 heterocycles. The van der Waals surface area contributed by atoms with E-state index in [9.17, 15) is 0 Å². The summed E-state index contributed by atoms with van der Waals surface area (Å²) >= 11 is 1.85. The van der Waals surface area contributed by atoms with Crippen LogP contribution in [0.1, 0.15) is 32.6 Å². The van der Waals surface area contributed by atoms with Crippen LogP contribution in [-0.2, 0) is 6.54 Å². The Bertz CT molecular complexity index is 551. The molecule has 2 aromatic rings. The van der Waals surface area contributed by atoms with Crippen molar-refractivity contribution in [3.63, 3.8) is 0 Å². The van der Waals surface area contributed by atoms with Crippen LogP contribution in [-0.4, -0.2) is 22.0 Å². The summed E-state index contributed by atoms with van der Waals surface area (Å²) < 4.78 is 2.30. The van der Waals surface area contributed by atoms with Crippen molar-refractivity contribution in [2.45, 2.75) is 44.0 Å². The molecular weight excluding hydrogens is 268 g/mol. The number of nitrogens with zero attached hydrogens (tertiary/aromatic N) is 1. The van der Waals surface area contributed by atoms with Gasteiger partial charge in [0.05, 0.1) is 5.52 Å². The third kappa shape index (κ3) is 3.70. The molecule has 0 bridgehead atoms. The average molecular weight is 292 g/mol. The standard InChI is InChI=1S/C16H24N2OS/c1-2-20-16-12-13(17)11-15-14(16)7-9-18(15)8-5-3-4-6-10-19/h7,9,11-12,19H,2-6,8,10,17H2,1H3. The molecule has 110 valence electrons. The first-order valence-corrected chi connectivity index (χ1v) is 8.37. The van der Waals surface area contributed by atoms with Crippen LogP contribution in [0.5, 0.6) is 0 Å². The lowest BCUT2D eigenvalue weighted by atomic mass is 10.2. The van der Waals surface area contributed by atoms with Crippen LogP contribution in [0.15, 0.2) is 29.3 Å². The van der Waals surface area contributed by atoms with Crippen LogP contribution >= 0.6 is 11.8 Å². The zero-order valence-electron chi connectivity index (χ0n) is 12.1. The number of hydrogen-bond acceptors (Lipinski definition) is 3. The number of aliphatic hydroxyl groups excluding tert-OH is 1. The first kappa shape index (κ1) is 15.3. The molecule has 0 spiro atoms. The molecule has 0 saturated heterocycles. The zero-order valence-corrected chi connectivity index (χ0v) is 13.0. The number of fused-ring (bicyclic) bond motifs is 1. The van der Waals surface area contributed by atoms with Gasteiger partial charge < -0.3 is 15.4 Å². The van der Waals surface area contributed by atoms with Crippen LogP contribution < -0.4 is 5.73 Å². The summed E-state index contributed by atoms with van der Waals surface area (Å²) in [5, 5.41) is 10.1. The number of anilines is 1. The second-order valence-corrected chi connectivity index (χ2v) is 6.34. The molecule has 0 saturated carbocycles. The highest BCUT2D eigenvalue weighted by molar-refractivity contribution is 7.99. The molecule has 1 aromatic carbocycles. The van der Waals surface area contributed by atoms with Gasteiger partial charge in [-0.2, -0.15) is 0 Å². The highest BCUT2D eigenvalue weighted by atomic mass is 32.2. The topological polar surface area (TPSA) is 51.2 Å². The van der Waals surface area contributed by atoms with Crippen molar-refractivity contribution in [2.24, 2.45) is 0 Å². The van der Waals surface area contributed by atoms with E-state index in [0.29, 0.717) is 6.61 Å². The van der Waals surface area contributed by atoms with Crippen molar-refractivity contribution < 1.29 is 5.11 Å². The van der Waals surface area contributed by atoms with Gasteiger partial charge in [-0.3, -0.25) is 0 Å². The van der Waals surface area contributed by atoms with E-state index < -0.39 is 0 Å². The van der Waals surface area contributed by atoms with Crippen molar-refractivity contribution in [2.75, 3.05) is 18.1 Å². The first-order chi connectivity index (χ1) is 9.76. The SMILES string of the molecule is CCSc1cc(N)cc2c1ccn2CCCCCCO. The average Bonchev–Trinajstić information content (AvgIpc) is 2.82. The monoisotopic (exact) mass is 292 g/mol. The van der Waals surface area contributed by atoms with Gasteiger partial charge in [0.15, 0.2) is 0 Å². The first-order valence-electron chi connectivity index (χ1n) is 7.38. The Morgan fingerprint density at radius 1 is 1.20 bits per heavy atom. The van der Waals surface area contributed by atoms with Gasteiger partial charge in [-0.05, 0) is 36.8 Å². The molecule has 3 N–H and O–H groups in total. The maximum Gasteiger partial charge on any atom is 0.0512 e. The Balaban J connectivity index is 2.10. The zero-order chi connectivity index (χ0) is 14.4. The summed E-state index contributed by atoms with van der Waals surface area (Å²) in [5.74, 6) is 1.06. The molecule has 0 radical (unpaired) electrons. The highest BCUT2D eigenvalue weighted by Gasteiger charge is 2.07. The molecule has 0 unspecified atom stereocenters. The van der Waals surface area contributed by atoms with Gasteiger partial charge in [-0.1, -0.05) is 19.8 Å². The van der Waals surface area contributed by atoms with Crippen molar-refractivity contribution in [1.29, 1.82) is 0 Å². The van der Waals surface area contributed by atoms with Gasteiger partial charge in [-0.25, -0.2) is 0 Å². The number of nitrogens with two attached hydrogens (primary N) is 1. The summed E-state index contributed by atoms with van der Waals surface area (Å²) in [6.45, 7) is 3.49. The Morgan fingerprint density at radius 3 is 2.75 bits per heavy atom. The van der Waals surface area contributed by atoms with Gasteiger partial charge in [0.2, 0.25) is 0 Å². The predicted octanol–water partition coefficient (Wildman–Crippen LogP) is 3.89. The van der Waals surface area contributed by atoms with Crippen LogP contribution in [0, 0.1) is 0 Å². The van der Waals surface area contributed by atoms with E-state index in [1.165, 1.54) is 22.2 Å². The third-order valence-electron chi connectivity index (χ3n) is 3.48. The number of hydrogen-bond donors (Lipinski definition) is 2. The molecule has 2 rings (SSSR count). The summed E-state index contributed by atoms with van der Waals surface area (Å²) in [5.41, 5.74) is 8.10. The minimum absolute atomic E-state index is 0.306. The molecular formula is C16H24N2OS. The van der Waals surface area contributed by atoms with Crippen molar-refractivity contribution in [3.05, 3.63) is 24.4 Å². The van der Waals surface area contributed by atoms with Crippen LogP contribution in [0.25, 0.3) is 10.9 Å². The molecule has 0 aliphatic rings. The predicted molar refractivity (Wildman–Crippen MR) is 88.3 cm³/mol. The molecule has 20 heavy (non-hydrogen) atoms. The number of nitrogen functional groups attached to an aromatic ring is 1. The summed E-state index contributed by atoms with van der Waals surface area (Å²) in [6, 6.07) is 6.34. The van der Waals surface area contributed by atoms with E-state index >= 15 is 0 Å². The van der Waals surface area contributed by atoms with Gasteiger partial charge in [-0.15, -0.1) is 11.8 Å². The van der Waals surface area contributed by atoms with Gasteiger partial charge in [0.1, 0.15) is 0 Å².